The first-order chi connectivity index (χ1) is 38.0. The van der Waals surface area contributed by atoms with Crippen molar-refractivity contribution in [2.75, 3.05) is 52.9 Å². The van der Waals surface area contributed by atoms with Gasteiger partial charge in [0, 0.05) is 45.3 Å². The molecule has 0 aliphatic rings. The molecule has 24 heteroatoms. The Morgan fingerprint density at radius 2 is 0.512 bits per heavy atom. The fourth-order valence-corrected chi connectivity index (χ4v) is 6.86. The van der Waals surface area contributed by atoms with E-state index in [0.29, 0.717) is 103 Å². The van der Waals surface area contributed by atoms with Gasteiger partial charge in [-0.05, 0) is 109 Å². The molecule has 0 aromatic carbocycles. The highest BCUT2D eigenvalue weighted by Gasteiger charge is 2.20. The van der Waals surface area contributed by atoms with Crippen LogP contribution in [0.3, 0.4) is 0 Å². The minimum Gasteiger partial charge on any atom is -0.481 e. The molecule has 0 radical (unpaired) electrons. The van der Waals surface area contributed by atoms with Gasteiger partial charge < -0.3 is 95.5 Å². The summed E-state index contributed by atoms with van der Waals surface area (Å²) in [5.74, 6) is -2.51. The van der Waals surface area contributed by atoms with Crippen molar-refractivity contribution in [3.05, 3.63) is 0 Å². The lowest BCUT2D eigenvalue weighted by Crippen LogP contribution is -2.26. The first kappa shape index (κ1) is 85.6. The molecule has 0 amide bonds. The van der Waals surface area contributed by atoms with E-state index in [9.17, 15) is 75.0 Å². The van der Waals surface area contributed by atoms with E-state index in [-0.39, 0.29) is 103 Å². The maximum Gasteiger partial charge on any atom is 0.305 e. The van der Waals surface area contributed by atoms with Gasteiger partial charge in [0.1, 0.15) is 13.2 Å². The summed E-state index contributed by atoms with van der Waals surface area (Å²) in [4.78, 5) is 56.6. The molecule has 10 unspecified atom stereocenters. The lowest BCUT2D eigenvalue weighted by Gasteiger charge is -2.16. The monoisotopic (exact) mass is 1170 g/mol. The van der Waals surface area contributed by atoms with Gasteiger partial charge in [0.05, 0.1) is 87.5 Å². The smallest absolute Gasteiger partial charge is 0.305 e. The molecule has 0 bridgehead atoms. The molecule has 0 aromatic heterocycles. The lowest BCUT2D eigenvalue weighted by molar-refractivity contribution is -0.152. The molecule has 0 fully saturated rings. The maximum atomic E-state index is 11.6. The van der Waals surface area contributed by atoms with Crippen molar-refractivity contribution in [2.45, 2.75) is 275 Å². The Balaban J connectivity index is -0.000000343. The van der Waals surface area contributed by atoms with Gasteiger partial charge in [-0.25, -0.2) is 0 Å². The number of carboxylic acids is 1. The molecule has 0 spiro atoms. The Bertz CT molecular complexity index is 1300. The van der Waals surface area contributed by atoms with Gasteiger partial charge in [0.25, 0.3) is 0 Å². The number of hydrogen-bond acceptors (Lipinski definition) is 23. The number of unbranched alkanes of at least 4 members (excludes halogenated alkanes) is 2. The Hall–Kier alpha value is -3.21. The van der Waals surface area contributed by atoms with Crippen LogP contribution < -0.4 is 0 Å². The van der Waals surface area contributed by atoms with Crippen molar-refractivity contribution >= 4 is 29.8 Å². The summed E-state index contributed by atoms with van der Waals surface area (Å²) in [6.45, 7) is 10.1. The van der Waals surface area contributed by atoms with E-state index in [2.05, 4.69) is 0 Å². The van der Waals surface area contributed by atoms with E-state index < -0.39 is 78.9 Å². The summed E-state index contributed by atoms with van der Waals surface area (Å²) < 4.78 is 20.1. The summed E-state index contributed by atoms with van der Waals surface area (Å²) in [5.41, 5.74) is 0. The summed E-state index contributed by atoms with van der Waals surface area (Å²) in [6.07, 6.45) is 5.09. The molecule has 0 rings (SSSR count). The number of carbonyl (C=O) groups excluding carboxylic acids is 4. The summed E-state index contributed by atoms with van der Waals surface area (Å²) >= 11 is 0. The van der Waals surface area contributed by atoms with Crippen molar-refractivity contribution in [3.63, 3.8) is 0 Å². The van der Waals surface area contributed by atoms with Crippen molar-refractivity contribution in [2.24, 2.45) is 0 Å². The molecule has 80 heavy (non-hydrogen) atoms. The Kier molecular flexibility index (Phi) is 67.8. The molecule has 15 N–H and O–H groups in total. The average Bonchev–Trinajstić information content (AvgIpc) is 3.42. The van der Waals surface area contributed by atoms with Crippen LogP contribution in [0.15, 0.2) is 0 Å². The number of hydrogen-bond donors (Lipinski definition) is 15. The zero-order chi connectivity index (χ0) is 61.9. The summed E-state index contributed by atoms with van der Waals surface area (Å²) in [5, 5.41) is 135. The zero-order valence-corrected chi connectivity index (χ0v) is 49.1. The van der Waals surface area contributed by atoms with E-state index in [1.165, 1.54) is 0 Å². The molecule has 0 saturated heterocycles. The second kappa shape index (κ2) is 63.4. The van der Waals surface area contributed by atoms with Gasteiger partial charge >= 0.3 is 29.8 Å². The van der Waals surface area contributed by atoms with Crippen LogP contribution in [-0.2, 0) is 42.9 Å². The third kappa shape index (κ3) is 62.4. The predicted octanol–water partition coefficient (Wildman–Crippen LogP) is 2.79. The van der Waals surface area contributed by atoms with E-state index in [1.54, 1.807) is 0 Å². The molecule has 0 heterocycles. The molecular weight excluding hydrogens is 1060 g/mol. The number of esters is 4. The van der Waals surface area contributed by atoms with Gasteiger partial charge in [-0.3, -0.25) is 24.0 Å². The van der Waals surface area contributed by atoms with Crippen LogP contribution in [0.1, 0.15) is 214 Å². The minimum atomic E-state index is -0.943. The quantitative estimate of drug-likeness (QED) is 0.0237. The van der Waals surface area contributed by atoms with Crippen LogP contribution >= 0.6 is 0 Å². The fraction of sp³-hybridized carbons (Fsp3) is 0.911. The predicted molar refractivity (Wildman–Crippen MR) is 298 cm³/mol. The van der Waals surface area contributed by atoms with E-state index in [1.807, 2.05) is 34.6 Å². The molecule has 0 aliphatic carbocycles. The van der Waals surface area contributed by atoms with E-state index in [4.69, 9.17) is 44.5 Å². The van der Waals surface area contributed by atoms with Crippen LogP contribution in [-0.4, -0.2) is 220 Å². The fourth-order valence-electron chi connectivity index (χ4n) is 6.86. The Morgan fingerprint density at radius 1 is 0.275 bits per heavy atom. The maximum absolute atomic E-state index is 11.6. The number of carboxylic acid groups (broad SMARTS) is 1. The Morgan fingerprint density at radius 3 is 0.725 bits per heavy atom. The molecule has 24 nitrogen and oxygen atoms in total. The van der Waals surface area contributed by atoms with Gasteiger partial charge in [0.15, 0.2) is 0 Å². The van der Waals surface area contributed by atoms with Crippen LogP contribution in [0, 0.1) is 0 Å². The lowest BCUT2D eigenvalue weighted by atomic mass is 10.0. The third-order valence-corrected chi connectivity index (χ3v) is 11.7. The highest BCUT2D eigenvalue weighted by Crippen LogP contribution is 2.14. The second-order valence-electron chi connectivity index (χ2n) is 19.3. The van der Waals surface area contributed by atoms with E-state index in [0.717, 1.165) is 38.5 Å². The zero-order valence-electron chi connectivity index (χ0n) is 49.1. The van der Waals surface area contributed by atoms with E-state index >= 15 is 0 Å². The number of rotatable bonds is 46. The van der Waals surface area contributed by atoms with Crippen LogP contribution in [0.2, 0.25) is 0 Å². The van der Waals surface area contributed by atoms with Crippen molar-refractivity contribution in [1.29, 1.82) is 0 Å². The second-order valence-corrected chi connectivity index (χ2v) is 19.3. The molecule has 480 valence electrons. The molecule has 0 saturated carbocycles. The SMILES string of the molecule is CCCC(O)C(O)CCCC(=O)OCCCCOC(=O)CCCC(O)C(O)CCC.CCCC(O)C(O)CCCC(=O)OCCOC(=O)CCCC(O)C(O)CCC.CCCCC(O)C(O)CCC(=O)O.OCCCO.OCCO. The van der Waals surface area contributed by atoms with Gasteiger partial charge in [0.2, 0.25) is 0 Å². The average molecular weight is 1170 g/mol. The first-order valence-electron chi connectivity index (χ1n) is 29.1. The van der Waals surface area contributed by atoms with Gasteiger partial charge in [-0.2, -0.15) is 0 Å². The number of aliphatic hydroxyl groups excluding tert-OH is 14. The number of aliphatic hydroxyl groups is 14. The largest absolute Gasteiger partial charge is 0.481 e. The number of ether oxygens (including phenoxy) is 4. The highest BCUT2D eigenvalue weighted by molar-refractivity contribution is 5.70. The first-order valence-corrected chi connectivity index (χ1v) is 29.1. The molecule has 0 aliphatic heterocycles. The third-order valence-electron chi connectivity index (χ3n) is 11.7. The molecular formula is C56H112O24. The minimum absolute atomic E-state index is 0.0383. The standard InChI is InChI=1S/C22H42O8.C20H38O8.C9H18O4.C3H8O2.C2H6O2/c1-3-9-17(23)19(25)11-7-13-21(27)29-15-5-6-16-30-22(28)14-8-12-20(26)18(24)10-4-2;1-3-7-15(21)17(23)9-5-11-19(25)27-13-14-28-20(26)12-6-10-18(24)16(22)8-4-2;1-2-3-4-7(10)8(11)5-6-9(12)13;4-2-1-3-5;3-1-2-4/h17-20,23-26H,3-16H2,1-2H3;15-18,21-24H,3-14H2,1-2H3;7-8,10-11H,2-6H2,1H3,(H,12,13);4-5H,1-3H2;3-4H,1-2H2. The summed E-state index contributed by atoms with van der Waals surface area (Å²) in [7, 11) is 0. The van der Waals surface area contributed by atoms with Gasteiger partial charge in [-0.1, -0.05) is 73.1 Å². The number of carbonyl (C=O) groups is 5. The highest BCUT2D eigenvalue weighted by atomic mass is 16.6. The van der Waals surface area contributed by atoms with Crippen molar-refractivity contribution in [3.8, 4) is 0 Å². The Labute approximate surface area is 476 Å². The molecule has 10 atom stereocenters. The normalized spacial score (nSPS) is 14.5. The molecule has 0 aromatic rings. The summed E-state index contributed by atoms with van der Waals surface area (Å²) in [6, 6.07) is 0. The van der Waals surface area contributed by atoms with Crippen molar-refractivity contribution in [1.82, 2.24) is 0 Å². The topological polar surface area (TPSA) is 426 Å². The van der Waals surface area contributed by atoms with Crippen LogP contribution in [0.4, 0.5) is 0 Å². The van der Waals surface area contributed by atoms with Crippen LogP contribution in [0.5, 0.6) is 0 Å². The van der Waals surface area contributed by atoms with Crippen LogP contribution in [0.25, 0.3) is 0 Å². The van der Waals surface area contributed by atoms with Crippen molar-refractivity contribution < 1.29 is 120 Å². The van der Waals surface area contributed by atoms with Gasteiger partial charge in [-0.15, -0.1) is 0 Å². The number of aliphatic carboxylic acids is 1.